The first-order valence-corrected chi connectivity index (χ1v) is 5.78. The van der Waals surface area contributed by atoms with Crippen molar-refractivity contribution in [1.29, 1.82) is 0 Å². The van der Waals surface area contributed by atoms with Crippen molar-refractivity contribution in [3.05, 3.63) is 34.6 Å². The lowest BCUT2D eigenvalue weighted by Crippen LogP contribution is -2.28. The number of hydrogen-bond donors (Lipinski definition) is 2. The second-order valence-corrected chi connectivity index (χ2v) is 4.27. The van der Waals surface area contributed by atoms with Crippen molar-refractivity contribution in [2.24, 2.45) is 0 Å². The molecule has 0 aliphatic carbocycles. The normalized spacial score (nSPS) is 14.8. The van der Waals surface area contributed by atoms with Crippen LogP contribution in [0, 0.1) is 5.82 Å². The first-order valence-electron chi connectivity index (χ1n) is 5.41. The van der Waals surface area contributed by atoms with Gasteiger partial charge < -0.3 is 10.4 Å². The van der Waals surface area contributed by atoms with E-state index in [0.29, 0.717) is 13.0 Å². The molecule has 0 heterocycles. The molecule has 0 fully saturated rings. The Morgan fingerprint density at radius 3 is 2.75 bits per heavy atom. The Labute approximate surface area is 100 Å². The van der Waals surface area contributed by atoms with Gasteiger partial charge in [0.2, 0.25) is 0 Å². The van der Waals surface area contributed by atoms with E-state index in [4.69, 9.17) is 11.6 Å². The molecule has 0 aliphatic rings. The minimum absolute atomic E-state index is 0.0410. The molecule has 0 aliphatic heterocycles. The predicted molar refractivity (Wildman–Crippen MR) is 64.1 cm³/mol. The number of aliphatic hydroxyl groups excluding tert-OH is 1. The summed E-state index contributed by atoms with van der Waals surface area (Å²) in [5, 5.41) is 12.7. The van der Waals surface area contributed by atoms with Crippen LogP contribution in [0.25, 0.3) is 0 Å². The minimum atomic E-state index is -0.411. The van der Waals surface area contributed by atoms with Gasteiger partial charge >= 0.3 is 0 Å². The molecule has 2 N–H and O–H groups in total. The van der Waals surface area contributed by atoms with Crippen molar-refractivity contribution in [2.75, 3.05) is 6.54 Å². The lowest BCUT2D eigenvalue weighted by Gasteiger charge is -2.17. The Morgan fingerprint density at radius 2 is 2.19 bits per heavy atom. The Kier molecular flexibility index (Phi) is 5.19. The third kappa shape index (κ3) is 3.74. The maximum atomic E-state index is 12.9. The standard InChI is InChI=1S/C12H17ClFNO/c1-3-10(16)7-15-8(2)9-4-5-12(14)11(13)6-9/h4-6,8,10,15-16H,3,7H2,1-2H3. The second-order valence-electron chi connectivity index (χ2n) is 3.87. The van der Waals surface area contributed by atoms with Gasteiger partial charge in [-0.2, -0.15) is 0 Å². The number of nitrogens with one attached hydrogen (secondary N) is 1. The van der Waals surface area contributed by atoms with Gasteiger partial charge in [0.1, 0.15) is 5.82 Å². The van der Waals surface area contributed by atoms with Gasteiger partial charge in [-0.05, 0) is 31.0 Å². The van der Waals surface area contributed by atoms with E-state index >= 15 is 0 Å². The van der Waals surface area contributed by atoms with Crippen LogP contribution >= 0.6 is 11.6 Å². The fourth-order valence-corrected chi connectivity index (χ4v) is 1.55. The molecule has 4 heteroatoms. The van der Waals surface area contributed by atoms with Crippen LogP contribution in [0.15, 0.2) is 18.2 Å². The zero-order chi connectivity index (χ0) is 12.1. The number of halogens is 2. The molecule has 90 valence electrons. The summed E-state index contributed by atoms with van der Waals surface area (Å²) in [6.07, 6.45) is 0.363. The van der Waals surface area contributed by atoms with Crippen LogP contribution in [0.5, 0.6) is 0 Å². The molecule has 0 spiro atoms. The van der Waals surface area contributed by atoms with Gasteiger partial charge in [0.15, 0.2) is 0 Å². The largest absolute Gasteiger partial charge is 0.392 e. The molecule has 2 nitrogen and oxygen atoms in total. The lowest BCUT2D eigenvalue weighted by molar-refractivity contribution is 0.164. The summed E-state index contributed by atoms with van der Waals surface area (Å²) in [7, 11) is 0. The number of rotatable bonds is 5. The molecule has 0 aromatic heterocycles. The number of hydrogen-bond acceptors (Lipinski definition) is 2. The van der Waals surface area contributed by atoms with Crippen LogP contribution in [-0.2, 0) is 0 Å². The fourth-order valence-electron chi connectivity index (χ4n) is 1.36. The summed E-state index contributed by atoms with van der Waals surface area (Å²) in [5.74, 6) is -0.411. The zero-order valence-corrected chi connectivity index (χ0v) is 10.3. The topological polar surface area (TPSA) is 32.3 Å². The van der Waals surface area contributed by atoms with Gasteiger partial charge in [0, 0.05) is 12.6 Å². The van der Waals surface area contributed by atoms with Gasteiger partial charge in [0.25, 0.3) is 0 Å². The van der Waals surface area contributed by atoms with E-state index in [0.717, 1.165) is 5.56 Å². The summed E-state index contributed by atoms with van der Waals surface area (Å²) in [5.41, 5.74) is 0.912. The van der Waals surface area contributed by atoms with E-state index in [1.165, 1.54) is 6.07 Å². The highest BCUT2D eigenvalue weighted by Crippen LogP contribution is 2.20. The molecule has 1 aromatic carbocycles. The van der Waals surface area contributed by atoms with Crippen molar-refractivity contribution < 1.29 is 9.50 Å². The second kappa shape index (κ2) is 6.18. The summed E-state index contributed by atoms with van der Waals surface area (Å²) in [6.45, 7) is 4.39. The molecule has 1 aromatic rings. The van der Waals surface area contributed by atoms with E-state index in [1.807, 2.05) is 13.8 Å². The molecule has 2 unspecified atom stereocenters. The highest BCUT2D eigenvalue weighted by atomic mass is 35.5. The van der Waals surface area contributed by atoms with Crippen LogP contribution in [0.4, 0.5) is 4.39 Å². The molecular formula is C12H17ClFNO. The molecule has 1 rings (SSSR count). The maximum Gasteiger partial charge on any atom is 0.141 e. The number of aliphatic hydroxyl groups is 1. The molecule has 16 heavy (non-hydrogen) atoms. The monoisotopic (exact) mass is 245 g/mol. The van der Waals surface area contributed by atoms with E-state index < -0.39 is 5.82 Å². The fraction of sp³-hybridized carbons (Fsp3) is 0.500. The molecule has 0 saturated carbocycles. The van der Waals surface area contributed by atoms with Crippen molar-refractivity contribution in [3.63, 3.8) is 0 Å². The first-order chi connectivity index (χ1) is 7.54. The average molecular weight is 246 g/mol. The van der Waals surface area contributed by atoms with Crippen molar-refractivity contribution >= 4 is 11.6 Å². The molecule has 2 atom stereocenters. The van der Waals surface area contributed by atoms with Gasteiger partial charge in [-0.25, -0.2) is 4.39 Å². The highest BCUT2D eigenvalue weighted by molar-refractivity contribution is 6.30. The van der Waals surface area contributed by atoms with Crippen LogP contribution in [0.3, 0.4) is 0 Å². The molecule has 0 radical (unpaired) electrons. The van der Waals surface area contributed by atoms with E-state index in [2.05, 4.69) is 5.32 Å². The average Bonchev–Trinajstić information content (AvgIpc) is 2.29. The van der Waals surface area contributed by atoms with Gasteiger partial charge in [-0.15, -0.1) is 0 Å². The third-order valence-corrected chi connectivity index (χ3v) is 2.86. The Bertz CT molecular complexity index is 346. The predicted octanol–water partition coefficient (Wildman–Crippen LogP) is 2.90. The Balaban J connectivity index is 2.59. The Hall–Kier alpha value is -0.640. The maximum absolute atomic E-state index is 12.9. The summed E-state index contributed by atoms with van der Waals surface area (Å²) >= 11 is 5.70. The van der Waals surface area contributed by atoms with Crippen LogP contribution in [0.1, 0.15) is 31.9 Å². The third-order valence-electron chi connectivity index (χ3n) is 2.57. The van der Waals surface area contributed by atoms with E-state index in [-0.39, 0.29) is 17.2 Å². The van der Waals surface area contributed by atoms with Crippen molar-refractivity contribution in [3.8, 4) is 0 Å². The Morgan fingerprint density at radius 1 is 1.50 bits per heavy atom. The van der Waals surface area contributed by atoms with Crippen LogP contribution in [0.2, 0.25) is 5.02 Å². The van der Waals surface area contributed by atoms with Gasteiger partial charge in [-0.1, -0.05) is 24.6 Å². The molecule has 0 saturated heterocycles. The SMILES string of the molecule is CCC(O)CNC(C)c1ccc(F)c(Cl)c1. The van der Waals surface area contributed by atoms with E-state index in [9.17, 15) is 9.50 Å². The van der Waals surface area contributed by atoms with Crippen LogP contribution < -0.4 is 5.32 Å². The zero-order valence-electron chi connectivity index (χ0n) is 9.50. The summed E-state index contributed by atoms with van der Waals surface area (Å²) in [6, 6.07) is 4.69. The quantitative estimate of drug-likeness (QED) is 0.836. The van der Waals surface area contributed by atoms with Gasteiger partial charge in [0.05, 0.1) is 11.1 Å². The highest BCUT2D eigenvalue weighted by Gasteiger charge is 2.09. The van der Waals surface area contributed by atoms with Crippen LogP contribution in [-0.4, -0.2) is 17.8 Å². The van der Waals surface area contributed by atoms with Crippen molar-refractivity contribution in [2.45, 2.75) is 32.4 Å². The van der Waals surface area contributed by atoms with Gasteiger partial charge in [-0.3, -0.25) is 0 Å². The van der Waals surface area contributed by atoms with E-state index in [1.54, 1.807) is 12.1 Å². The smallest absolute Gasteiger partial charge is 0.141 e. The number of benzene rings is 1. The minimum Gasteiger partial charge on any atom is -0.392 e. The molecular weight excluding hydrogens is 229 g/mol. The summed E-state index contributed by atoms with van der Waals surface area (Å²) < 4.78 is 12.9. The lowest BCUT2D eigenvalue weighted by atomic mass is 10.1. The first kappa shape index (κ1) is 13.4. The molecule has 0 bridgehead atoms. The molecule has 0 amide bonds. The van der Waals surface area contributed by atoms with Crippen molar-refractivity contribution in [1.82, 2.24) is 5.32 Å². The summed E-state index contributed by atoms with van der Waals surface area (Å²) in [4.78, 5) is 0.